The van der Waals surface area contributed by atoms with Crippen molar-refractivity contribution < 1.29 is 13.6 Å². The van der Waals surface area contributed by atoms with Gasteiger partial charge in [-0.1, -0.05) is 0 Å². The number of pyridine rings is 2. The molecule has 5 nitrogen and oxygen atoms in total. The molecule has 3 saturated carbocycles. The largest absolute Gasteiger partial charge is 0.364 e. The van der Waals surface area contributed by atoms with E-state index in [1.807, 2.05) is 0 Å². The second-order valence-electron chi connectivity index (χ2n) is 9.32. The molecule has 1 amide bonds. The topological polar surface area (TPSA) is 88.8 Å². The highest BCUT2D eigenvalue weighted by Gasteiger charge is 2.46. The number of hydrogen-bond donors (Lipinski definition) is 2. The minimum atomic E-state index is -2.34. The van der Waals surface area contributed by atoms with Crippen molar-refractivity contribution in [1.82, 2.24) is 9.97 Å². The summed E-state index contributed by atoms with van der Waals surface area (Å²) in [5.41, 5.74) is 6.14. The lowest BCUT2D eigenvalue weighted by Crippen LogP contribution is -2.30. The second kappa shape index (κ2) is 8.08. The number of rotatable bonds is 2. The molecule has 5 rings (SSSR count). The molecular formula is C23H29F2N3O2. The van der Waals surface area contributed by atoms with Crippen LogP contribution in [0, 0.1) is 17.3 Å². The molecule has 1 spiro atoms. The van der Waals surface area contributed by atoms with Gasteiger partial charge in [-0.25, -0.2) is 8.78 Å². The summed E-state index contributed by atoms with van der Waals surface area (Å²) in [5, 5.41) is 0.238. The van der Waals surface area contributed by atoms with Crippen LogP contribution >= 0.6 is 0 Å². The fourth-order valence-corrected chi connectivity index (χ4v) is 5.24. The molecule has 3 aliphatic carbocycles. The Morgan fingerprint density at radius 1 is 1.00 bits per heavy atom. The molecule has 2 aromatic rings. The Bertz CT molecular complexity index is 943. The van der Waals surface area contributed by atoms with Crippen LogP contribution in [0.25, 0.3) is 10.9 Å². The number of primary amides is 1. The number of aromatic nitrogens is 2. The van der Waals surface area contributed by atoms with Gasteiger partial charge in [-0.15, -0.1) is 0 Å². The van der Waals surface area contributed by atoms with E-state index in [1.165, 1.54) is 57.0 Å². The van der Waals surface area contributed by atoms with Gasteiger partial charge in [0, 0.05) is 31.3 Å². The lowest BCUT2D eigenvalue weighted by molar-refractivity contribution is -0.0552. The standard InChI is InChI=1S/C14H22F2.C9H7N3O2/c15-14(16)7-3-12(4-8-14)11-1-5-13(6-2-11)9-10-13;10-9(14)8-7-5(1-3-12-8)11-4-2-6(7)13/h11-12H,1-10H2;1-4H,(H2,10,14)(H,11,13). The van der Waals surface area contributed by atoms with E-state index in [9.17, 15) is 18.4 Å². The van der Waals surface area contributed by atoms with Crippen LogP contribution in [0.2, 0.25) is 0 Å². The molecule has 0 saturated heterocycles. The summed E-state index contributed by atoms with van der Waals surface area (Å²) < 4.78 is 26.2. The first kappa shape index (κ1) is 20.9. The van der Waals surface area contributed by atoms with E-state index in [-0.39, 0.29) is 29.4 Å². The Kier molecular flexibility index (Phi) is 5.64. The Labute approximate surface area is 174 Å². The van der Waals surface area contributed by atoms with Crippen LogP contribution in [0.15, 0.2) is 29.3 Å². The first-order valence-corrected chi connectivity index (χ1v) is 10.9. The van der Waals surface area contributed by atoms with Crippen molar-refractivity contribution in [3.05, 3.63) is 40.4 Å². The molecule has 3 aliphatic rings. The van der Waals surface area contributed by atoms with E-state index < -0.39 is 11.8 Å². The average molecular weight is 418 g/mol. The molecule has 0 aliphatic heterocycles. The van der Waals surface area contributed by atoms with E-state index in [1.54, 1.807) is 6.07 Å². The Morgan fingerprint density at radius 2 is 1.60 bits per heavy atom. The number of carbonyl (C=O) groups excluding carboxylic acids is 1. The molecule has 3 N–H and O–H groups in total. The number of aromatic amines is 1. The van der Waals surface area contributed by atoms with Crippen LogP contribution in [0.3, 0.4) is 0 Å². The number of amides is 1. The van der Waals surface area contributed by atoms with Gasteiger partial charge in [-0.3, -0.25) is 14.6 Å². The lowest BCUT2D eigenvalue weighted by Gasteiger charge is -2.38. The van der Waals surface area contributed by atoms with Gasteiger partial charge in [0.1, 0.15) is 5.69 Å². The number of nitrogens with one attached hydrogen (secondary N) is 1. The van der Waals surface area contributed by atoms with Crippen LogP contribution in [0.1, 0.15) is 74.7 Å². The van der Waals surface area contributed by atoms with E-state index in [4.69, 9.17) is 5.73 Å². The lowest BCUT2D eigenvalue weighted by atomic mass is 9.69. The summed E-state index contributed by atoms with van der Waals surface area (Å²) in [6.07, 6.45) is 13.1. The predicted molar refractivity (Wildman–Crippen MR) is 111 cm³/mol. The summed E-state index contributed by atoms with van der Waals surface area (Å²) in [4.78, 5) is 29.0. The predicted octanol–water partition coefficient (Wildman–Crippen LogP) is 4.80. The molecule has 2 aromatic heterocycles. The zero-order chi connectivity index (χ0) is 21.4. The summed E-state index contributed by atoms with van der Waals surface area (Å²) >= 11 is 0. The monoisotopic (exact) mass is 417 g/mol. The second-order valence-corrected chi connectivity index (χ2v) is 9.32. The highest BCUT2D eigenvalue weighted by molar-refractivity contribution is 6.03. The number of H-pyrrole nitrogens is 1. The normalized spacial score (nSPS) is 24.8. The van der Waals surface area contributed by atoms with Gasteiger partial charge in [0.05, 0.1) is 10.9 Å². The maximum Gasteiger partial charge on any atom is 0.268 e. The molecule has 0 atom stereocenters. The molecule has 0 unspecified atom stereocenters. The van der Waals surface area contributed by atoms with Crippen LogP contribution < -0.4 is 11.2 Å². The molecule has 162 valence electrons. The molecule has 2 heterocycles. The quantitative estimate of drug-likeness (QED) is 0.735. The van der Waals surface area contributed by atoms with Crippen molar-refractivity contribution >= 4 is 16.8 Å². The molecule has 30 heavy (non-hydrogen) atoms. The molecule has 0 bridgehead atoms. The summed E-state index contributed by atoms with van der Waals surface area (Å²) in [7, 11) is 0. The van der Waals surface area contributed by atoms with Crippen molar-refractivity contribution in [1.29, 1.82) is 0 Å². The number of fused-ring (bicyclic) bond motifs is 1. The smallest absolute Gasteiger partial charge is 0.268 e. The van der Waals surface area contributed by atoms with E-state index >= 15 is 0 Å². The molecule has 0 radical (unpaired) electrons. The van der Waals surface area contributed by atoms with Crippen LogP contribution in [0.5, 0.6) is 0 Å². The zero-order valence-electron chi connectivity index (χ0n) is 17.1. The van der Waals surface area contributed by atoms with Gasteiger partial charge in [0.2, 0.25) is 5.92 Å². The number of nitrogens with two attached hydrogens (primary N) is 1. The minimum Gasteiger partial charge on any atom is -0.364 e. The van der Waals surface area contributed by atoms with Crippen molar-refractivity contribution in [2.45, 2.75) is 70.1 Å². The van der Waals surface area contributed by atoms with Gasteiger partial charge < -0.3 is 10.7 Å². The number of halogens is 2. The van der Waals surface area contributed by atoms with E-state index in [2.05, 4.69) is 9.97 Å². The average Bonchev–Trinajstić information content (AvgIpc) is 3.48. The third-order valence-electron chi connectivity index (χ3n) is 7.38. The van der Waals surface area contributed by atoms with Crippen molar-refractivity contribution in [2.75, 3.05) is 0 Å². The first-order chi connectivity index (χ1) is 14.3. The summed E-state index contributed by atoms with van der Waals surface area (Å²) in [6, 6.07) is 2.94. The molecule has 3 fully saturated rings. The maximum absolute atomic E-state index is 13.1. The van der Waals surface area contributed by atoms with Crippen LogP contribution in [-0.4, -0.2) is 21.8 Å². The number of alkyl halides is 2. The highest BCUT2D eigenvalue weighted by Crippen LogP contribution is 2.58. The van der Waals surface area contributed by atoms with E-state index in [0.29, 0.717) is 11.4 Å². The molecule has 7 heteroatoms. The van der Waals surface area contributed by atoms with Gasteiger partial charge in [-0.2, -0.15) is 0 Å². The minimum absolute atomic E-state index is 0.00403. The Morgan fingerprint density at radius 3 is 2.17 bits per heavy atom. The summed E-state index contributed by atoms with van der Waals surface area (Å²) in [5.74, 6) is -1.64. The Hall–Kier alpha value is -2.31. The highest BCUT2D eigenvalue weighted by atomic mass is 19.3. The van der Waals surface area contributed by atoms with Crippen molar-refractivity contribution in [3.8, 4) is 0 Å². The third kappa shape index (κ3) is 4.55. The van der Waals surface area contributed by atoms with Gasteiger partial charge in [0.15, 0.2) is 5.43 Å². The summed E-state index contributed by atoms with van der Waals surface area (Å²) in [6.45, 7) is 0. The molecule has 0 aromatic carbocycles. The number of nitrogens with zero attached hydrogens (tertiary/aromatic N) is 1. The third-order valence-corrected chi connectivity index (χ3v) is 7.38. The molecular weight excluding hydrogens is 388 g/mol. The first-order valence-electron chi connectivity index (χ1n) is 10.9. The van der Waals surface area contributed by atoms with Gasteiger partial charge in [0.25, 0.3) is 5.91 Å². The SMILES string of the molecule is FC1(F)CCC(C2CCC3(CC2)CC3)CC1.NC(=O)c1nccc2[nH]ccc(=O)c12. The van der Waals surface area contributed by atoms with Gasteiger partial charge in [-0.05, 0) is 74.7 Å². The van der Waals surface area contributed by atoms with Gasteiger partial charge >= 0.3 is 0 Å². The van der Waals surface area contributed by atoms with Crippen molar-refractivity contribution in [2.24, 2.45) is 23.0 Å². The fourth-order valence-electron chi connectivity index (χ4n) is 5.24. The van der Waals surface area contributed by atoms with Crippen molar-refractivity contribution in [3.63, 3.8) is 0 Å². The van der Waals surface area contributed by atoms with E-state index in [0.717, 1.165) is 24.2 Å². The van der Waals surface area contributed by atoms with Crippen LogP contribution in [0.4, 0.5) is 8.78 Å². The Balaban J connectivity index is 0.000000147. The number of carbonyl (C=O) groups is 1. The van der Waals surface area contributed by atoms with Crippen LogP contribution in [-0.2, 0) is 0 Å². The zero-order valence-corrected chi connectivity index (χ0v) is 17.1. The number of hydrogen-bond acceptors (Lipinski definition) is 3. The maximum atomic E-state index is 13.1. The fraction of sp³-hybridized carbons (Fsp3) is 0.609.